The third-order valence-corrected chi connectivity index (χ3v) is 9.97. The number of hydrogen-bond donors (Lipinski definition) is 0. The second-order valence-corrected chi connectivity index (χ2v) is 13.1. The fourth-order valence-corrected chi connectivity index (χ4v) is 8.43. The number of carbonyl (C=O) groups is 2. The number of ether oxygens (including phenoxy) is 3. The van der Waals surface area contributed by atoms with Crippen molar-refractivity contribution in [1.29, 1.82) is 0 Å². The summed E-state index contributed by atoms with van der Waals surface area (Å²) >= 11 is 0. The molecule has 4 fully saturated rings. The van der Waals surface area contributed by atoms with E-state index in [2.05, 4.69) is 43.8 Å². The molecule has 1 unspecified atom stereocenters. The Kier molecular flexibility index (Phi) is 8.61. The molecule has 4 saturated carbocycles. The zero-order valence-corrected chi connectivity index (χ0v) is 25.6. The molecular formula is C38H44O5. The van der Waals surface area contributed by atoms with Crippen molar-refractivity contribution in [1.82, 2.24) is 0 Å². The summed E-state index contributed by atoms with van der Waals surface area (Å²) in [7, 11) is 0. The highest BCUT2D eigenvalue weighted by Gasteiger charge is 2.52. The average molecular weight is 581 g/mol. The van der Waals surface area contributed by atoms with Gasteiger partial charge in [-0.05, 0) is 134 Å². The first-order valence-electron chi connectivity index (χ1n) is 16.2. The minimum atomic E-state index is -0.596. The number of rotatable bonds is 12. The minimum absolute atomic E-state index is 0.103. The molecule has 0 N–H and O–H groups in total. The maximum atomic E-state index is 13.0. The Hall–Kier alpha value is -3.60. The Morgan fingerprint density at radius 2 is 1.56 bits per heavy atom. The van der Waals surface area contributed by atoms with Crippen LogP contribution in [0.4, 0.5) is 0 Å². The summed E-state index contributed by atoms with van der Waals surface area (Å²) in [5.74, 6) is 2.62. The van der Waals surface area contributed by atoms with Gasteiger partial charge in [0.15, 0.2) is 6.10 Å². The summed E-state index contributed by atoms with van der Waals surface area (Å²) in [6.07, 6.45) is 11.3. The van der Waals surface area contributed by atoms with Crippen molar-refractivity contribution in [3.63, 3.8) is 0 Å². The molecule has 7 rings (SSSR count). The highest BCUT2D eigenvalue weighted by molar-refractivity contribution is 5.92. The largest absolute Gasteiger partial charge is 0.478 e. The molecule has 0 spiro atoms. The second-order valence-electron chi connectivity index (χ2n) is 13.1. The fraction of sp³-hybridized carbons (Fsp3) is 0.474. The average Bonchev–Trinajstić information content (AvgIpc) is 3.00. The van der Waals surface area contributed by atoms with Crippen LogP contribution >= 0.6 is 0 Å². The van der Waals surface area contributed by atoms with Crippen LogP contribution in [0.25, 0.3) is 21.9 Å². The molecule has 5 nitrogen and oxygen atoms in total. The first kappa shape index (κ1) is 29.5. The lowest BCUT2D eigenvalue weighted by molar-refractivity contribution is -0.151. The third kappa shape index (κ3) is 6.09. The maximum Gasteiger partial charge on any atom is 0.347 e. The SMILES string of the molecule is C=CCOC(=O)c1ccc(-c2ccc3cc(OC(CCCC)C(=O)OCC)c(C45CC6CC(CC(C6)C4)C5)cc3c2)cc1. The molecule has 4 aliphatic rings. The normalized spacial score (nSPS) is 24.5. The molecule has 0 heterocycles. The minimum Gasteiger partial charge on any atom is -0.478 e. The molecule has 1 atom stereocenters. The number of fused-ring (bicyclic) bond motifs is 1. The topological polar surface area (TPSA) is 61.8 Å². The standard InChI is InChI=1S/C38H44O5/c1-4-7-8-34(37(40)41-6-3)43-35-21-31-14-13-30(28-9-11-29(12-10-28)36(39)42-15-5-2)19-32(31)20-33(35)38-22-25-16-26(23-38)18-27(17-25)24-38/h5,9-14,19-21,25-27,34H,2,4,6-8,15-18,22-24H2,1,3H3. The van der Waals surface area contributed by atoms with Crippen molar-refractivity contribution < 1.29 is 23.8 Å². The molecule has 0 radical (unpaired) electrons. The van der Waals surface area contributed by atoms with Crippen molar-refractivity contribution in [2.45, 2.75) is 83.2 Å². The van der Waals surface area contributed by atoms with Crippen LogP contribution in [0.15, 0.2) is 67.3 Å². The van der Waals surface area contributed by atoms with Crippen LogP contribution in [0, 0.1) is 17.8 Å². The van der Waals surface area contributed by atoms with Crippen LogP contribution in [0.1, 0.15) is 87.6 Å². The quantitative estimate of drug-likeness (QED) is 0.158. The Balaban J connectivity index is 1.38. The molecule has 226 valence electrons. The van der Waals surface area contributed by atoms with Crippen LogP contribution in [0.5, 0.6) is 5.75 Å². The molecule has 3 aromatic carbocycles. The van der Waals surface area contributed by atoms with E-state index in [0.29, 0.717) is 18.6 Å². The van der Waals surface area contributed by atoms with E-state index in [0.717, 1.165) is 52.9 Å². The van der Waals surface area contributed by atoms with E-state index in [1.807, 2.05) is 31.2 Å². The van der Waals surface area contributed by atoms with Gasteiger partial charge in [-0.3, -0.25) is 0 Å². The van der Waals surface area contributed by atoms with E-state index < -0.39 is 6.10 Å². The number of carbonyl (C=O) groups excluding carboxylic acids is 2. The van der Waals surface area contributed by atoms with E-state index in [9.17, 15) is 9.59 Å². The Bertz CT molecular complexity index is 1450. The molecular weight excluding hydrogens is 536 g/mol. The van der Waals surface area contributed by atoms with Gasteiger partial charge in [0.1, 0.15) is 12.4 Å². The number of unbranched alkanes of at least 4 members (excludes halogenated alkanes) is 1. The lowest BCUT2D eigenvalue weighted by Crippen LogP contribution is -2.48. The predicted octanol–water partition coefficient (Wildman–Crippen LogP) is 8.82. The maximum absolute atomic E-state index is 13.0. The van der Waals surface area contributed by atoms with Crippen LogP contribution in [0.3, 0.4) is 0 Å². The molecule has 4 bridgehead atoms. The van der Waals surface area contributed by atoms with Crippen LogP contribution in [0.2, 0.25) is 0 Å². The van der Waals surface area contributed by atoms with E-state index in [-0.39, 0.29) is 24.0 Å². The van der Waals surface area contributed by atoms with E-state index in [1.54, 1.807) is 6.08 Å². The molecule has 0 saturated heterocycles. The van der Waals surface area contributed by atoms with Crippen molar-refractivity contribution in [3.8, 4) is 16.9 Å². The van der Waals surface area contributed by atoms with E-state index in [4.69, 9.17) is 14.2 Å². The van der Waals surface area contributed by atoms with Gasteiger partial charge in [-0.25, -0.2) is 9.59 Å². The van der Waals surface area contributed by atoms with Gasteiger partial charge in [0.25, 0.3) is 0 Å². The Morgan fingerprint density at radius 3 is 2.19 bits per heavy atom. The van der Waals surface area contributed by atoms with Crippen molar-refractivity contribution in [2.24, 2.45) is 17.8 Å². The van der Waals surface area contributed by atoms with Crippen molar-refractivity contribution in [3.05, 3.63) is 78.4 Å². The zero-order chi connectivity index (χ0) is 30.0. The smallest absolute Gasteiger partial charge is 0.347 e. The van der Waals surface area contributed by atoms with Gasteiger partial charge in [0.05, 0.1) is 12.2 Å². The molecule has 4 aliphatic carbocycles. The van der Waals surface area contributed by atoms with E-state index >= 15 is 0 Å². The molecule has 3 aromatic rings. The van der Waals surface area contributed by atoms with Gasteiger partial charge in [-0.1, -0.05) is 50.3 Å². The van der Waals surface area contributed by atoms with Gasteiger partial charge in [0.2, 0.25) is 0 Å². The van der Waals surface area contributed by atoms with E-state index in [1.165, 1.54) is 49.5 Å². The monoisotopic (exact) mass is 580 g/mol. The third-order valence-electron chi connectivity index (χ3n) is 9.97. The van der Waals surface area contributed by atoms with Gasteiger partial charge in [-0.15, -0.1) is 0 Å². The summed E-state index contributed by atoms with van der Waals surface area (Å²) in [5.41, 5.74) is 4.04. The lowest BCUT2D eigenvalue weighted by atomic mass is 9.48. The highest BCUT2D eigenvalue weighted by Crippen LogP contribution is 2.62. The molecule has 43 heavy (non-hydrogen) atoms. The zero-order valence-electron chi connectivity index (χ0n) is 25.6. The van der Waals surface area contributed by atoms with Crippen LogP contribution < -0.4 is 4.74 Å². The highest BCUT2D eigenvalue weighted by atomic mass is 16.6. The molecule has 5 heteroatoms. The van der Waals surface area contributed by atoms with Crippen molar-refractivity contribution in [2.75, 3.05) is 13.2 Å². The van der Waals surface area contributed by atoms with Crippen molar-refractivity contribution >= 4 is 22.7 Å². The first-order valence-corrected chi connectivity index (χ1v) is 16.2. The molecule has 0 aromatic heterocycles. The fourth-order valence-electron chi connectivity index (χ4n) is 8.43. The second kappa shape index (κ2) is 12.6. The summed E-state index contributed by atoms with van der Waals surface area (Å²) < 4.78 is 17.4. The number of esters is 2. The summed E-state index contributed by atoms with van der Waals surface area (Å²) in [5, 5.41) is 2.27. The van der Waals surface area contributed by atoms with Crippen LogP contribution in [-0.2, 0) is 19.7 Å². The molecule has 0 amide bonds. The lowest BCUT2D eigenvalue weighted by Gasteiger charge is -2.57. The first-order chi connectivity index (χ1) is 20.9. The molecule has 0 aliphatic heterocycles. The van der Waals surface area contributed by atoms with Gasteiger partial charge in [-0.2, -0.15) is 0 Å². The Labute approximate surface area is 255 Å². The van der Waals surface area contributed by atoms with Gasteiger partial charge in [0, 0.05) is 5.56 Å². The summed E-state index contributed by atoms with van der Waals surface area (Å²) in [6, 6.07) is 18.6. The number of hydrogen-bond acceptors (Lipinski definition) is 5. The summed E-state index contributed by atoms with van der Waals surface area (Å²) in [4.78, 5) is 25.3. The predicted molar refractivity (Wildman–Crippen MR) is 170 cm³/mol. The Morgan fingerprint density at radius 1 is 0.884 bits per heavy atom. The van der Waals surface area contributed by atoms with Crippen LogP contribution in [-0.4, -0.2) is 31.3 Å². The van der Waals surface area contributed by atoms with Gasteiger partial charge < -0.3 is 14.2 Å². The summed E-state index contributed by atoms with van der Waals surface area (Å²) in [6.45, 7) is 8.14. The number of benzene rings is 3. The van der Waals surface area contributed by atoms with Gasteiger partial charge >= 0.3 is 11.9 Å².